The maximum Gasteiger partial charge on any atom is 0.303 e. The molecule has 0 spiro atoms. The van der Waals surface area contributed by atoms with Crippen LogP contribution in [0.2, 0.25) is 0 Å². The zero-order valence-electron chi connectivity index (χ0n) is 25.2. The normalized spacial score (nSPS) is 14.1. The molecule has 0 unspecified atom stereocenters. The van der Waals surface area contributed by atoms with Crippen LogP contribution in [-0.2, 0) is 40.1 Å². The summed E-state index contributed by atoms with van der Waals surface area (Å²) in [5.74, 6) is -2.12. The second-order valence-electron chi connectivity index (χ2n) is 10.9. The number of hydrogen-bond acceptors (Lipinski definition) is 5. The van der Waals surface area contributed by atoms with Crippen LogP contribution in [0.3, 0.4) is 0 Å². The number of amides is 1. The van der Waals surface area contributed by atoms with Crippen molar-refractivity contribution >= 4 is 53.3 Å². The smallest absolute Gasteiger partial charge is 0.303 e. The van der Waals surface area contributed by atoms with Gasteiger partial charge in [-0.1, -0.05) is 24.9 Å². The first-order valence-corrected chi connectivity index (χ1v) is 14.7. The monoisotopic (exact) mass is 616 g/mol. The molecule has 4 rings (SSSR count). The van der Waals surface area contributed by atoms with Gasteiger partial charge in [-0.25, -0.2) is 4.99 Å². The number of nitrogens with zero attached hydrogens (tertiary/aromatic N) is 1. The number of carbonyl (C=O) groups excluding carboxylic acids is 1. The quantitative estimate of drug-likeness (QED) is 0.159. The molecule has 0 atom stereocenters. The summed E-state index contributed by atoms with van der Waals surface area (Å²) in [6.45, 7) is 11.2. The Morgan fingerprint density at radius 1 is 0.886 bits per heavy atom. The molecule has 0 aliphatic carbocycles. The Bertz CT molecular complexity index is 1880. The van der Waals surface area contributed by atoms with Gasteiger partial charge in [-0.15, -0.1) is 0 Å². The van der Waals surface area contributed by atoms with Crippen LogP contribution < -0.4 is 10.6 Å². The van der Waals surface area contributed by atoms with Crippen LogP contribution in [0.4, 0.5) is 0 Å². The minimum absolute atomic E-state index is 0.0335. The molecule has 0 saturated carbocycles. The summed E-state index contributed by atoms with van der Waals surface area (Å²) in [7, 11) is 0. The van der Waals surface area contributed by atoms with E-state index in [1.807, 2.05) is 26.8 Å². The van der Waals surface area contributed by atoms with Crippen molar-refractivity contribution in [2.24, 2.45) is 4.99 Å². The maximum atomic E-state index is 12.3. The van der Waals surface area contributed by atoms with E-state index in [-0.39, 0.29) is 24.6 Å². The number of aromatic nitrogens is 3. The summed E-state index contributed by atoms with van der Waals surface area (Å²) in [5, 5.41) is 32.1. The molecule has 11 heteroatoms. The molecule has 3 aromatic rings. The van der Waals surface area contributed by atoms with E-state index in [0.717, 1.165) is 55.8 Å². The molecule has 4 heterocycles. The van der Waals surface area contributed by atoms with Crippen LogP contribution in [0.1, 0.15) is 70.4 Å². The van der Waals surface area contributed by atoms with E-state index in [0.29, 0.717) is 47.9 Å². The number of aliphatic carboxylic acids is 2. The number of carbonyl (C=O) groups is 3. The van der Waals surface area contributed by atoms with Gasteiger partial charge in [-0.05, 0) is 80.5 Å². The molecule has 0 saturated heterocycles. The second-order valence-corrected chi connectivity index (χ2v) is 11.2. The largest absolute Gasteiger partial charge is 0.494 e. The summed E-state index contributed by atoms with van der Waals surface area (Å²) >= 11 is 5.02. The molecule has 44 heavy (non-hydrogen) atoms. The third-order valence-corrected chi connectivity index (χ3v) is 8.42. The van der Waals surface area contributed by atoms with Crippen molar-refractivity contribution in [3.05, 3.63) is 85.0 Å². The number of rotatable bonds is 13. The summed E-state index contributed by atoms with van der Waals surface area (Å²) in [6, 6.07) is 0. The minimum atomic E-state index is -0.917. The van der Waals surface area contributed by atoms with Gasteiger partial charge in [0.05, 0.1) is 11.1 Å². The lowest BCUT2D eigenvalue weighted by Gasteiger charge is -2.07. The van der Waals surface area contributed by atoms with Gasteiger partial charge in [0.25, 0.3) is 5.91 Å². The molecule has 6 N–H and O–H groups in total. The van der Waals surface area contributed by atoms with Crippen molar-refractivity contribution in [2.75, 3.05) is 0 Å². The van der Waals surface area contributed by atoms with E-state index in [9.17, 15) is 29.7 Å². The van der Waals surface area contributed by atoms with Gasteiger partial charge in [-0.2, -0.15) is 0 Å². The van der Waals surface area contributed by atoms with Crippen LogP contribution in [0.5, 0.6) is 5.88 Å². The Labute approximate surface area is 259 Å². The van der Waals surface area contributed by atoms with Crippen LogP contribution in [0.15, 0.2) is 28.8 Å². The predicted octanol–water partition coefficient (Wildman–Crippen LogP) is 3.56. The lowest BCUT2D eigenvalue weighted by molar-refractivity contribution is -0.138. The fourth-order valence-corrected chi connectivity index (χ4v) is 5.88. The van der Waals surface area contributed by atoms with Gasteiger partial charge in [0.1, 0.15) is 0 Å². The highest BCUT2D eigenvalue weighted by Crippen LogP contribution is 2.29. The average Bonchev–Trinajstić information content (AvgIpc) is 3.60. The molecule has 1 aliphatic heterocycles. The molecular formula is C33H36N4O6S. The third-order valence-electron chi connectivity index (χ3n) is 8.29. The molecule has 0 aromatic carbocycles. The Morgan fingerprint density at radius 3 is 2.07 bits per heavy atom. The number of nitrogens with one attached hydrogen (secondary N) is 3. The van der Waals surface area contributed by atoms with E-state index in [1.165, 1.54) is 11.4 Å². The average molecular weight is 617 g/mol. The lowest BCUT2D eigenvalue weighted by atomic mass is 9.97. The molecule has 230 valence electrons. The summed E-state index contributed by atoms with van der Waals surface area (Å²) < 4.78 is 0. The minimum Gasteiger partial charge on any atom is -0.494 e. The van der Waals surface area contributed by atoms with Gasteiger partial charge in [0.2, 0.25) is 0 Å². The Morgan fingerprint density at radius 2 is 1.50 bits per heavy atom. The second kappa shape index (κ2) is 13.3. The van der Waals surface area contributed by atoms with Gasteiger partial charge in [-0.3, -0.25) is 14.4 Å². The lowest BCUT2D eigenvalue weighted by Crippen LogP contribution is -2.24. The van der Waals surface area contributed by atoms with Crippen molar-refractivity contribution in [3.8, 4) is 5.88 Å². The van der Waals surface area contributed by atoms with Crippen LogP contribution in [0, 0.1) is 20.8 Å². The highest BCUT2D eigenvalue weighted by Gasteiger charge is 2.25. The van der Waals surface area contributed by atoms with E-state index in [4.69, 9.17) is 12.2 Å². The molecular weight excluding hydrogens is 580 g/mol. The third kappa shape index (κ3) is 6.57. The molecule has 1 aliphatic rings. The fourth-order valence-electron chi connectivity index (χ4n) is 5.74. The van der Waals surface area contributed by atoms with E-state index >= 15 is 0 Å². The Hall–Kier alpha value is -4.77. The molecule has 1 amide bonds. The highest BCUT2D eigenvalue weighted by molar-refractivity contribution is 7.79. The number of aliphatic imine (C=N–C) groups is 1. The van der Waals surface area contributed by atoms with Crippen molar-refractivity contribution in [1.29, 1.82) is 0 Å². The number of allylic oxidation sites excluding steroid dienone is 1. The summed E-state index contributed by atoms with van der Waals surface area (Å²) in [6.07, 6.45) is 6.29. The Balaban J connectivity index is 1.82. The maximum absolute atomic E-state index is 12.3. The first-order chi connectivity index (χ1) is 20.9. The van der Waals surface area contributed by atoms with Crippen LogP contribution in [0.25, 0.3) is 12.2 Å². The summed E-state index contributed by atoms with van der Waals surface area (Å²) in [5.41, 5.74) is 9.19. The van der Waals surface area contributed by atoms with Crippen molar-refractivity contribution in [2.45, 2.75) is 66.2 Å². The molecule has 3 aromatic heterocycles. The predicted molar refractivity (Wildman–Crippen MR) is 173 cm³/mol. The summed E-state index contributed by atoms with van der Waals surface area (Å²) in [4.78, 5) is 49.5. The number of H-pyrrole nitrogens is 3. The van der Waals surface area contributed by atoms with E-state index in [2.05, 4.69) is 26.5 Å². The zero-order valence-corrected chi connectivity index (χ0v) is 26.0. The first kappa shape index (κ1) is 32.2. The van der Waals surface area contributed by atoms with Crippen molar-refractivity contribution in [3.63, 3.8) is 0 Å². The van der Waals surface area contributed by atoms with Crippen LogP contribution >= 0.6 is 12.2 Å². The topological polar surface area (TPSA) is 172 Å². The molecule has 0 bridgehead atoms. The number of hydrogen-bond donors (Lipinski definition) is 6. The van der Waals surface area contributed by atoms with Gasteiger partial charge in [0.15, 0.2) is 5.88 Å². The molecule has 0 fully saturated rings. The van der Waals surface area contributed by atoms with Gasteiger partial charge in [0, 0.05) is 70.2 Å². The number of thiocarbonyl (C=S) groups is 1. The standard InChI is InChI=1S/C33H36N4O6S/c1-6-20-16(2)26(36-33(20)43)13-24-17(3)21(7-9-30(38)39)27(34-24)15-28-22(8-10-31(40)41)18(4)25(35-28)14-29-23(11-12-44)19(5)32(42)37-29/h6,11-12,14,34-35,37,42H,1,7-10,13,15H2,2-5H3,(H,38,39)(H,40,41)/b23-11+,29-14-. The van der Waals surface area contributed by atoms with Gasteiger partial charge < -0.3 is 30.3 Å². The number of carboxylic acids is 2. The fraction of sp³-hybridized carbons (Fsp3) is 0.303. The van der Waals surface area contributed by atoms with Crippen molar-refractivity contribution in [1.82, 2.24) is 15.0 Å². The first-order valence-electron chi connectivity index (χ1n) is 14.2. The van der Waals surface area contributed by atoms with Gasteiger partial charge >= 0.3 is 11.9 Å². The number of aromatic hydroxyl groups is 1. The molecule has 0 radical (unpaired) electrons. The number of aromatic amines is 3. The van der Waals surface area contributed by atoms with E-state index < -0.39 is 11.9 Å². The van der Waals surface area contributed by atoms with Crippen LogP contribution in [-0.4, -0.2) is 59.2 Å². The highest BCUT2D eigenvalue weighted by atomic mass is 32.1. The molecule has 10 nitrogen and oxygen atoms in total. The van der Waals surface area contributed by atoms with E-state index in [1.54, 1.807) is 13.0 Å². The number of carboxylic acid groups (broad SMARTS) is 2. The SMILES string of the molecule is C=CC1=C(C)C(Cc2[nH]c(Cc3[nH]c(/C=c4\[nH]c(O)c(C)\c4=C/C=S)c(C)c3CCC(=O)O)c(CCC(=O)O)c2C)=NC1=O. The zero-order chi connectivity index (χ0) is 32.3. The van der Waals surface area contributed by atoms with Crippen molar-refractivity contribution < 1.29 is 29.7 Å². The Kier molecular flexibility index (Phi) is 9.68.